The molecule has 0 spiro atoms. The summed E-state index contributed by atoms with van der Waals surface area (Å²) >= 11 is 0. The first-order valence-electron chi connectivity index (χ1n) is 13.3. The zero-order valence-electron chi connectivity index (χ0n) is 21.6. The fraction of sp³-hybridized carbons (Fsp3) is 0.333. The first kappa shape index (κ1) is 23.0. The largest absolute Gasteiger partial charge is 0.508 e. The van der Waals surface area contributed by atoms with Crippen molar-refractivity contribution in [2.24, 2.45) is 18.9 Å². The molecular weight excluding hydrogens is 476 g/mol. The summed E-state index contributed by atoms with van der Waals surface area (Å²) in [6.45, 7) is 4.34. The molecule has 1 saturated carbocycles. The van der Waals surface area contributed by atoms with Crippen LogP contribution < -0.4 is 9.64 Å². The average molecular weight is 507 g/mol. The van der Waals surface area contributed by atoms with Gasteiger partial charge in [0.2, 0.25) is 0 Å². The number of anilines is 1. The van der Waals surface area contributed by atoms with Crippen LogP contribution in [0.25, 0.3) is 32.9 Å². The fourth-order valence-corrected chi connectivity index (χ4v) is 6.31. The van der Waals surface area contributed by atoms with Gasteiger partial charge in [-0.1, -0.05) is 24.3 Å². The van der Waals surface area contributed by atoms with E-state index in [1.54, 1.807) is 16.8 Å². The molecule has 2 atom stereocenters. The number of rotatable bonds is 5. The van der Waals surface area contributed by atoms with Crippen LogP contribution in [0.5, 0.6) is 11.8 Å². The second-order valence-corrected chi connectivity index (χ2v) is 10.8. The Morgan fingerprint density at radius 1 is 1.03 bits per heavy atom. The first-order chi connectivity index (χ1) is 18.5. The first-order valence-corrected chi connectivity index (χ1v) is 13.3. The van der Waals surface area contributed by atoms with Gasteiger partial charge in [-0.2, -0.15) is 15.1 Å². The summed E-state index contributed by atoms with van der Waals surface area (Å²) in [6, 6.07) is 13.9. The van der Waals surface area contributed by atoms with E-state index in [0.717, 1.165) is 63.1 Å². The van der Waals surface area contributed by atoms with E-state index in [1.165, 1.54) is 19.3 Å². The quantitative estimate of drug-likeness (QED) is 0.341. The van der Waals surface area contributed by atoms with Crippen LogP contribution in [0.3, 0.4) is 0 Å². The zero-order valence-corrected chi connectivity index (χ0v) is 21.6. The summed E-state index contributed by atoms with van der Waals surface area (Å²) in [7, 11) is 1.89. The zero-order chi connectivity index (χ0) is 25.8. The molecule has 0 radical (unpaired) electrons. The van der Waals surface area contributed by atoms with Crippen LogP contribution in [-0.2, 0) is 13.7 Å². The van der Waals surface area contributed by atoms with Crippen molar-refractivity contribution in [1.29, 1.82) is 0 Å². The molecule has 1 N–H and O–H groups in total. The molecule has 5 aromatic rings. The van der Waals surface area contributed by atoms with Gasteiger partial charge >= 0.3 is 6.01 Å². The number of aryl methyl sites for hydroxylation is 2. The number of aromatic hydroxyl groups is 1. The smallest absolute Gasteiger partial charge is 0.319 e. The maximum absolute atomic E-state index is 10.5. The summed E-state index contributed by atoms with van der Waals surface area (Å²) < 4.78 is 7.88. The third kappa shape index (κ3) is 4.00. The van der Waals surface area contributed by atoms with Crippen molar-refractivity contribution in [3.05, 3.63) is 66.1 Å². The summed E-state index contributed by atoms with van der Waals surface area (Å²) in [5.74, 6) is 2.53. The van der Waals surface area contributed by atoms with E-state index < -0.39 is 0 Å². The molecule has 2 aliphatic rings. The SMILES string of the molecule is Cc1c(-c2cc(O)cc3ccccc23)ncc2c(N3CC4CCC(C4)C3)nc(OCc3ccn(C)n3)nc12. The highest BCUT2D eigenvalue weighted by Crippen LogP contribution is 2.41. The third-order valence-electron chi connectivity index (χ3n) is 8.06. The number of phenolic OH excluding ortho intramolecular Hbond substituents is 1. The van der Waals surface area contributed by atoms with Crippen molar-refractivity contribution in [2.45, 2.75) is 32.8 Å². The molecule has 0 amide bonds. The number of pyridine rings is 1. The summed E-state index contributed by atoms with van der Waals surface area (Å²) in [5, 5.41) is 17.8. The maximum atomic E-state index is 10.5. The molecule has 1 aliphatic heterocycles. The van der Waals surface area contributed by atoms with Crippen molar-refractivity contribution in [3.8, 4) is 23.0 Å². The second kappa shape index (κ2) is 8.97. The molecular formula is C30H30N6O2. The van der Waals surface area contributed by atoms with E-state index in [0.29, 0.717) is 24.5 Å². The highest BCUT2D eigenvalue weighted by molar-refractivity contribution is 6.01. The highest BCUT2D eigenvalue weighted by Gasteiger charge is 2.34. The molecule has 7 rings (SSSR count). The van der Waals surface area contributed by atoms with Gasteiger partial charge in [0.15, 0.2) is 0 Å². The minimum atomic E-state index is 0.214. The van der Waals surface area contributed by atoms with E-state index >= 15 is 0 Å². The van der Waals surface area contributed by atoms with Gasteiger partial charge in [0.25, 0.3) is 0 Å². The Labute approximate surface area is 220 Å². The molecule has 1 aliphatic carbocycles. The number of ether oxygens (including phenoxy) is 1. The van der Waals surface area contributed by atoms with Gasteiger partial charge in [-0.15, -0.1) is 0 Å². The van der Waals surface area contributed by atoms with E-state index in [-0.39, 0.29) is 5.75 Å². The number of nitrogens with zero attached hydrogens (tertiary/aromatic N) is 6. The lowest BCUT2D eigenvalue weighted by Crippen LogP contribution is -2.37. The van der Waals surface area contributed by atoms with Crippen molar-refractivity contribution < 1.29 is 9.84 Å². The fourth-order valence-electron chi connectivity index (χ4n) is 6.31. The number of piperidine rings is 1. The lowest BCUT2D eigenvalue weighted by Gasteiger charge is -2.33. The maximum Gasteiger partial charge on any atom is 0.319 e. The molecule has 38 heavy (non-hydrogen) atoms. The average Bonchev–Trinajstić information content (AvgIpc) is 3.50. The Morgan fingerprint density at radius 3 is 2.63 bits per heavy atom. The van der Waals surface area contributed by atoms with Crippen LogP contribution in [0.2, 0.25) is 0 Å². The van der Waals surface area contributed by atoms with Crippen LogP contribution >= 0.6 is 0 Å². The molecule has 8 heteroatoms. The predicted molar refractivity (Wildman–Crippen MR) is 147 cm³/mol. The molecule has 1 saturated heterocycles. The summed E-state index contributed by atoms with van der Waals surface area (Å²) in [4.78, 5) is 17.2. The van der Waals surface area contributed by atoms with Crippen LogP contribution in [0, 0.1) is 18.8 Å². The summed E-state index contributed by atoms with van der Waals surface area (Å²) in [6.07, 6.45) is 7.69. The van der Waals surface area contributed by atoms with Gasteiger partial charge in [-0.25, -0.2) is 0 Å². The van der Waals surface area contributed by atoms with E-state index in [1.807, 2.05) is 50.6 Å². The van der Waals surface area contributed by atoms with Gasteiger partial charge in [-0.3, -0.25) is 9.67 Å². The second-order valence-electron chi connectivity index (χ2n) is 10.8. The molecule has 3 aromatic heterocycles. The highest BCUT2D eigenvalue weighted by atomic mass is 16.5. The Balaban J connectivity index is 1.37. The number of phenols is 1. The van der Waals surface area contributed by atoms with Crippen LogP contribution in [0.1, 0.15) is 30.5 Å². The molecule has 2 aromatic carbocycles. The van der Waals surface area contributed by atoms with Crippen molar-refractivity contribution in [1.82, 2.24) is 24.7 Å². The lowest BCUT2D eigenvalue weighted by molar-refractivity contribution is 0.276. The molecule has 4 heterocycles. The predicted octanol–water partition coefficient (Wildman–Crippen LogP) is 5.41. The van der Waals surface area contributed by atoms with Crippen molar-refractivity contribution in [3.63, 3.8) is 0 Å². The monoisotopic (exact) mass is 506 g/mol. The van der Waals surface area contributed by atoms with Crippen molar-refractivity contribution in [2.75, 3.05) is 18.0 Å². The summed E-state index contributed by atoms with van der Waals surface area (Å²) in [5.41, 5.74) is 4.26. The number of hydrogen-bond donors (Lipinski definition) is 1. The van der Waals surface area contributed by atoms with Gasteiger partial charge in [-0.05, 0) is 67.0 Å². The van der Waals surface area contributed by atoms with Crippen LogP contribution in [-0.4, -0.2) is 42.9 Å². The Bertz CT molecular complexity index is 1670. The Kier molecular flexibility index (Phi) is 5.42. The van der Waals surface area contributed by atoms with Gasteiger partial charge in [0.1, 0.15) is 18.2 Å². The Morgan fingerprint density at radius 2 is 1.84 bits per heavy atom. The third-order valence-corrected chi connectivity index (χ3v) is 8.06. The van der Waals surface area contributed by atoms with E-state index in [4.69, 9.17) is 19.7 Å². The number of hydrogen-bond acceptors (Lipinski definition) is 7. The van der Waals surface area contributed by atoms with E-state index in [2.05, 4.69) is 16.1 Å². The van der Waals surface area contributed by atoms with Crippen molar-refractivity contribution >= 4 is 27.5 Å². The van der Waals surface area contributed by atoms with Gasteiger partial charge in [0, 0.05) is 43.7 Å². The minimum Gasteiger partial charge on any atom is -0.508 e. The van der Waals surface area contributed by atoms with E-state index in [9.17, 15) is 5.11 Å². The van der Waals surface area contributed by atoms with Crippen LogP contribution in [0.4, 0.5) is 5.82 Å². The number of benzene rings is 2. The Hall–Kier alpha value is -4.20. The lowest BCUT2D eigenvalue weighted by atomic mass is 9.97. The van der Waals surface area contributed by atoms with Gasteiger partial charge in [0.05, 0.1) is 22.3 Å². The molecule has 2 bridgehead atoms. The van der Waals surface area contributed by atoms with Gasteiger partial charge < -0.3 is 14.7 Å². The topological polar surface area (TPSA) is 89.2 Å². The number of aromatic nitrogens is 5. The molecule has 192 valence electrons. The molecule has 2 unspecified atom stereocenters. The van der Waals surface area contributed by atoms with Crippen LogP contribution in [0.15, 0.2) is 54.9 Å². The standard InChI is InChI=1S/C30H30N6O2/c1-18-27(25-13-23(37)12-21-5-3-4-6-24(21)25)31-14-26-28(18)32-30(38-17-22-9-10-35(2)34-22)33-29(26)36-15-19-7-8-20(11-19)16-36/h3-6,9-10,12-14,19-20,37H,7-8,11,15-17H2,1-2H3. The minimum absolute atomic E-state index is 0.214. The number of fused-ring (bicyclic) bond motifs is 4. The molecule has 2 fully saturated rings. The molecule has 8 nitrogen and oxygen atoms in total. The normalized spacial score (nSPS) is 18.9.